The van der Waals surface area contributed by atoms with E-state index >= 15 is 0 Å². The third-order valence-electron chi connectivity index (χ3n) is 3.08. The van der Waals surface area contributed by atoms with E-state index < -0.39 is 0 Å². The normalized spacial score (nSPS) is 17.9. The number of rotatable bonds is 3. The van der Waals surface area contributed by atoms with Gasteiger partial charge in [-0.1, -0.05) is 6.07 Å². The minimum atomic E-state index is 0.0423. The molecule has 4 heteroatoms. The molecule has 94 valence electrons. The molecule has 4 nitrogen and oxygen atoms in total. The largest absolute Gasteiger partial charge is 0.495 e. The van der Waals surface area contributed by atoms with Gasteiger partial charge < -0.3 is 20.1 Å². The molecule has 0 aliphatic carbocycles. The first-order valence-electron chi connectivity index (χ1n) is 5.98. The van der Waals surface area contributed by atoms with Gasteiger partial charge in [0, 0.05) is 19.1 Å². The summed E-state index contributed by atoms with van der Waals surface area (Å²) in [5.41, 5.74) is 8.17. The highest BCUT2D eigenvalue weighted by Crippen LogP contribution is 2.31. The van der Waals surface area contributed by atoms with Crippen molar-refractivity contribution in [3.8, 4) is 5.75 Å². The topological polar surface area (TPSA) is 47.7 Å². The number of hydrogen-bond acceptors (Lipinski definition) is 4. The molecule has 17 heavy (non-hydrogen) atoms. The molecule has 1 aromatic carbocycles. The Morgan fingerprint density at radius 2 is 2.06 bits per heavy atom. The summed E-state index contributed by atoms with van der Waals surface area (Å²) in [5, 5.41) is 0. The molecule has 1 heterocycles. The Labute approximate surface area is 102 Å². The molecule has 2 rings (SSSR count). The molecule has 1 fully saturated rings. The fourth-order valence-corrected chi connectivity index (χ4v) is 2.04. The number of benzene rings is 1. The van der Waals surface area contributed by atoms with Crippen LogP contribution in [0.5, 0.6) is 5.75 Å². The zero-order chi connectivity index (χ0) is 12.3. The molecule has 0 aromatic heterocycles. The fraction of sp³-hybridized carbons (Fsp3) is 0.538. The maximum atomic E-state index is 5.92. The summed E-state index contributed by atoms with van der Waals surface area (Å²) in [6.45, 7) is 5.33. The van der Waals surface area contributed by atoms with Crippen LogP contribution in [0.1, 0.15) is 18.5 Å². The molecule has 1 aromatic rings. The molecule has 0 saturated carbocycles. The van der Waals surface area contributed by atoms with Crippen molar-refractivity contribution in [3.05, 3.63) is 23.8 Å². The van der Waals surface area contributed by atoms with Crippen LogP contribution in [0.4, 0.5) is 5.69 Å². The highest BCUT2D eigenvalue weighted by molar-refractivity contribution is 5.60. The van der Waals surface area contributed by atoms with E-state index in [0.29, 0.717) is 0 Å². The van der Waals surface area contributed by atoms with Crippen molar-refractivity contribution in [2.75, 3.05) is 38.3 Å². The van der Waals surface area contributed by atoms with Crippen LogP contribution in [0.25, 0.3) is 0 Å². The number of nitrogens with zero attached hydrogens (tertiary/aromatic N) is 1. The van der Waals surface area contributed by atoms with Crippen LogP contribution in [-0.2, 0) is 4.74 Å². The standard InChI is InChI=1S/C13H20N2O2/c1-10(14)11-3-4-13(16-2)12(9-11)15-5-7-17-8-6-15/h3-4,9-10H,5-8,14H2,1-2H3/t10-/m0/s1. The Bertz CT molecular complexity index is 374. The zero-order valence-corrected chi connectivity index (χ0v) is 10.5. The lowest BCUT2D eigenvalue weighted by atomic mass is 10.1. The van der Waals surface area contributed by atoms with Gasteiger partial charge in [0.25, 0.3) is 0 Å². The van der Waals surface area contributed by atoms with Gasteiger partial charge in [-0.25, -0.2) is 0 Å². The third-order valence-corrected chi connectivity index (χ3v) is 3.08. The van der Waals surface area contributed by atoms with Gasteiger partial charge in [0.2, 0.25) is 0 Å². The summed E-state index contributed by atoms with van der Waals surface area (Å²) in [5.74, 6) is 0.899. The number of methoxy groups -OCH3 is 1. The second-order valence-electron chi connectivity index (χ2n) is 4.32. The van der Waals surface area contributed by atoms with E-state index in [9.17, 15) is 0 Å². The molecule has 0 radical (unpaired) electrons. The molecular formula is C13H20N2O2. The molecule has 1 saturated heterocycles. The predicted molar refractivity (Wildman–Crippen MR) is 68.6 cm³/mol. The van der Waals surface area contributed by atoms with Crippen LogP contribution >= 0.6 is 0 Å². The van der Waals surface area contributed by atoms with Crippen LogP contribution in [0.3, 0.4) is 0 Å². The lowest BCUT2D eigenvalue weighted by Crippen LogP contribution is -2.36. The summed E-state index contributed by atoms with van der Waals surface area (Å²) in [6.07, 6.45) is 0. The SMILES string of the molecule is COc1ccc([C@H](C)N)cc1N1CCOCC1. The number of ether oxygens (including phenoxy) is 2. The first kappa shape index (κ1) is 12.2. The Hall–Kier alpha value is -1.26. The monoisotopic (exact) mass is 236 g/mol. The maximum Gasteiger partial charge on any atom is 0.142 e. The molecule has 1 aliphatic heterocycles. The molecule has 2 N–H and O–H groups in total. The van der Waals surface area contributed by atoms with Crippen molar-refractivity contribution in [3.63, 3.8) is 0 Å². The Kier molecular flexibility index (Phi) is 3.86. The summed E-state index contributed by atoms with van der Waals surface area (Å²) in [6, 6.07) is 6.17. The van der Waals surface area contributed by atoms with Crippen LogP contribution in [-0.4, -0.2) is 33.4 Å². The summed E-state index contributed by atoms with van der Waals surface area (Å²) in [4.78, 5) is 2.29. The minimum absolute atomic E-state index is 0.0423. The molecule has 0 unspecified atom stereocenters. The predicted octanol–water partition coefficient (Wildman–Crippen LogP) is 1.55. The van der Waals surface area contributed by atoms with Gasteiger partial charge in [-0.3, -0.25) is 0 Å². The number of hydrogen-bond donors (Lipinski definition) is 1. The Morgan fingerprint density at radius 1 is 1.35 bits per heavy atom. The van der Waals surface area contributed by atoms with Crippen molar-refractivity contribution >= 4 is 5.69 Å². The van der Waals surface area contributed by atoms with Crippen molar-refractivity contribution in [2.24, 2.45) is 5.73 Å². The first-order chi connectivity index (χ1) is 8.22. The summed E-state index contributed by atoms with van der Waals surface area (Å²) < 4.78 is 10.8. The molecule has 0 bridgehead atoms. The van der Waals surface area contributed by atoms with Crippen LogP contribution in [0.2, 0.25) is 0 Å². The van der Waals surface area contributed by atoms with Gasteiger partial charge in [0.05, 0.1) is 26.0 Å². The Balaban J connectivity index is 2.30. The van der Waals surface area contributed by atoms with Crippen molar-refractivity contribution in [1.29, 1.82) is 0 Å². The van der Waals surface area contributed by atoms with E-state index in [4.69, 9.17) is 15.2 Å². The van der Waals surface area contributed by atoms with Crippen LogP contribution in [0.15, 0.2) is 18.2 Å². The van der Waals surface area contributed by atoms with Crippen molar-refractivity contribution in [2.45, 2.75) is 13.0 Å². The van der Waals surface area contributed by atoms with Gasteiger partial charge in [0.15, 0.2) is 0 Å². The maximum absolute atomic E-state index is 5.92. The van der Waals surface area contributed by atoms with E-state index in [2.05, 4.69) is 11.0 Å². The number of anilines is 1. The smallest absolute Gasteiger partial charge is 0.142 e. The van der Waals surface area contributed by atoms with Gasteiger partial charge in [-0.15, -0.1) is 0 Å². The number of nitrogens with two attached hydrogens (primary N) is 1. The van der Waals surface area contributed by atoms with Gasteiger partial charge >= 0.3 is 0 Å². The third kappa shape index (κ3) is 2.70. The summed E-state index contributed by atoms with van der Waals surface area (Å²) in [7, 11) is 1.70. The fourth-order valence-electron chi connectivity index (χ4n) is 2.04. The molecule has 1 aliphatic rings. The zero-order valence-electron chi connectivity index (χ0n) is 10.5. The van der Waals surface area contributed by atoms with E-state index in [1.165, 1.54) is 0 Å². The molecular weight excluding hydrogens is 216 g/mol. The first-order valence-corrected chi connectivity index (χ1v) is 5.98. The van der Waals surface area contributed by atoms with E-state index in [-0.39, 0.29) is 6.04 Å². The number of morpholine rings is 1. The molecule has 0 spiro atoms. The van der Waals surface area contributed by atoms with E-state index in [1.807, 2.05) is 19.1 Å². The quantitative estimate of drug-likeness (QED) is 0.865. The van der Waals surface area contributed by atoms with Crippen LogP contribution < -0.4 is 15.4 Å². The highest BCUT2D eigenvalue weighted by Gasteiger charge is 2.16. The van der Waals surface area contributed by atoms with Crippen molar-refractivity contribution in [1.82, 2.24) is 0 Å². The minimum Gasteiger partial charge on any atom is -0.495 e. The summed E-state index contributed by atoms with van der Waals surface area (Å²) >= 11 is 0. The van der Waals surface area contributed by atoms with Crippen LogP contribution in [0, 0.1) is 0 Å². The van der Waals surface area contributed by atoms with Gasteiger partial charge in [-0.2, -0.15) is 0 Å². The van der Waals surface area contributed by atoms with E-state index in [1.54, 1.807) is 7.11 Å². The second-order valence-corrected chi connectivity index (χ2v) is 4.32. The lowest BCUT2D eigenvalue weighted by molar-refractivity contribution is 0.122. The molecule has 0 amide bonds. The lowest BCUT2D eigenvalue weighted by Gasteiger charge is -2.30. The average Bonchev–Trinajstić information content (AvgIpc) is 2.39. The van der Waals surface area contributed by atoms with Crippen molar-refractivity contribution < 1.29 is 9.47 Å². The highest BCUT2D eigenvalue weighted by atomic mass is 16.5. The Morgan fingerprint density at radius 3 is 2.65 bits per heavy atom. The second kappa shape index (κ2) is 5.38. The average molecular weight is 236 g/mol. The van der Waals surface area contributed by atoms with Gasteiger partial charge in [-0.05, 0) is 24.6 Å². The van der Waals surface area contributed by atoms with E-state index in [0.717, 1.165) is 43.3 Å². The molecule has 1 atom stereocenters. The van der Waals surface area contributed by atoms with Gasteiger partial charge in [0.1, 0.15) is 5.75 Å².